The Labute approximate surface area is 87.2 Å². The largest absolute Gasteiger partial charge is 0.405 e. The molecule has 0 spiro atoms. The van der Waals surface area contributed by atoms with Crippen LogP contribution in [0.4, 0.5) is 13.2 Å². The third-order valence-corrected chi connectivity index (χ3v) is 2.00. The number of methoxy groups -OCH3 is 1. The quantitative estimate of drug-likeness (QED) is 0.773. The molecule has 1 atom stereocenters. The van der Waals surface area contributed by atoms with Gasteiger partial charge in [-0.2, -0.15) is 18.4 Å². The van der Waals surface area contributed by atoms with E-state index in [1.54, 1.807) is 13.8 Å². The minimum Gasteiger partial charge on any atom is -0.377 e. The molecule has 0 saturated carbocycles. The van der Waals surface area contributed by atoms with Gasteiger partial charge in [-0.15, -0.1) is 0 Å². The van der Waals surface area contributed by atoms with Crippen LogP contribution in [0.2, 0.25) is 0 Å². The van der Waals surface area contributed by atoms with Crippen LogP contribution in [0, 0.1) is 17.2 Å². The third-order valence-electron chi connectivity index (χ3n) is 2.00. The lowest BCUT2D eigenvalue weighted by Gasteiger charge is -2.24. The van der Waals surface area contributed by atoms with E-state index in [2.05, 4.69) is 5.32 Å². The molecule has 0 aliphatic carbocycles. The molecular formula is C9H15F3N2O. The first-order valence-corrected chi connectivity index (χ1v) is 4.45. The minimum absolute atomic E-state index is 0.262. The van der Waals surface area contributed by atoms with Crippen molar-refractivity contribution in [3.05, 3.63) is 0 Å². The first kappa shape index (κ1) is 14.2. The SMILES string of the molecule is COC(C)(C)CNCC(C#N)C(F)(F)F. The number of ether oxygens (including phenoxy) is 1. The molecule has 6 heteroatoms. The molecule has 0 saturated heterocycles. The summed E-state index contributed by atoms with van der Waals surface area (Å²) in [4.78, 5) is 0. The molecule has 0 heterocycles. The molecular weight excluding hydrogens is 209 g/mol. The van der Waals surface area contributed by atoms with E-state index < -0.39 is 24.2 Å². The van der Waals surface area contributed by atoms with Crippen molar-refractivity contribution < 1.29 is 17.9 Å². The van der Waals surface area contributed by atoms with Gasteiger partial charge in [-0.3, -0.25) is 0 Å². The van der Waals surface area contributed by atoms with Gasteiger partial charge in [0.05, 0.1) is 11.7 Å². The molecule has 3 nitrogen and oxygen atoms in total. The van der Waals surface area contributed by atoms with E-state index in [0.29, 0.717) is 0 Å². The minimum atomic E-state index is -4.47. The Balaban J connectivity index is 4.01. The molecule has 1 unspecified atom stereocenters. The van der Waals surface area contributed by atoms with Crippen molar-refractivity contribution in [2.24, 2.45) is 5.92 Å². The molecule has 0 aliphatic heterocycles. The van der Waals surface area contributed by atoms with Crippen LogP contribution >= 0.6 is 0 Å². The molecule has 15 heavy (non-hydrogen) atoms. The van der Waals surface area contributed by atoms with E-state index >= 15 is 0 Å². The fourth-order valence-electron chi connectivity index (χ4n) is 0.824. The number of nitrogens with zero attached hydrogens (tertiary/aromatic N) is 1. The second-order valence-corrected chi connectivity index (χ2v) is 3.82. The van der Waals surface area contributed by atoms with Crippen LogP contribution in [-0.4, -0.2) is 32.0 Å². The van der Waals surface area contributed by atoms with Gasteiger partial charge in [-0.25, -0.2) is 0 Å². The highest BCUT2D eigenvalue weighted by Gasteiger charge is 2.39. The van der Waals surface area contributed by atoms with Crippen molar-refractivity contribution in [1.82, 2.24) is 5.32 Å². The van der Waals surface area contributed by atoms with Crippen LogP contribution < -0.4 is 5.32 Å². The number of hydrogen-bond donors (Lipinski definition) is 1. The highest BCUT2D eigenvalue weighted by atomic mass is 19.4. The lowest BCUT2D eigenvalue weighted by molar-refractivity contribution is -0.158. The van der Waals surface area contributed by atoms with Gasteiger partial charge >= 0.3 is 6.18 Å². The van der Waals surface area contributed by atoms with Crippen LogP contribution in [0.15, 0.2) is 0 Å². The number of hydrogen-bond acceptors (Lipinski definition) is 3. The second-order valence-electron chi connectivity index (χ2n) is 3.82. The predicted octanol–water partition coefficient (Wildman–Crippen LogP) is 1.70. The number of rotatable bonds is 5. The van der Waals surface area contributed by atoms with E-state index in [1.807, 2.05) is 0 Å². The summed E-state index contributed by atoms with van der Waals surface area (Å²) in [7, 11) is 1.48. The standard InChI is InChI=1S/C9H15F3N2O/c1-8(2,15-3)6-14-5-7(4-13)9(10,11)12/h7,14H,5-6H2,1-3H3. The number of halogens is 3. The first-order chi connectivity index (χ1) is 6.73. The first-order valence-electron chi connectivity index (χ1n) is 4.45. The van der Waals surface area contributed by atoms with Crippen molar-refractivity contribution in [2.75, 3.05) is 20.2 Å². The summed E-state index contributed by atoms with van der Waals surface area (Å²) >= 11 is 0. The van der Waals surface area contributed by atoms with Gasteiger partial charge in [-0.05, 0) is 13.8 Å². The predicted molar refractivity (Wildman–Crippen MR) is 49.1 cm³/mol. The van der Waals surface area contributed by atoms with Crippen LogP contribution in [0.25, 0.3) is 0 Å². The van der Waals surface area contributed by atoms with Crippen LogP contribution in [0.3, 0.4) is 0 Å². The molecule has 0 rings (SSSR count). The Morgan fingerprint density at radius 2 is 1.93 bits per heavy atom. The van der Waals surface area contributed by atoms with Crippen molar-refractivity contribution in [3.63, 3.8) is 0 Å². The van der Waals surface area contributed by atoms with Crippen LogP contribution in [-0.2, 0) is 4.74 Å². The van der Waals surface area contributed by atoms with Gasteiger partial charge in [0.2, 0.25) is 0 Å². The average molecular weight is 224 g/mol. The fraction of sp³-hybridized carbons (Fsp3) is 0.889. The van der Waals surface area contributed by atoms with Crippen LogP contribution in [0.5, 0.6) is 0 Å². The van der Waals surface area contributed by atoms with E-state index in [9.17, 15) is 13.2 Å². The molecule has 0 radical (unpaired) electrons. The Morgan fingerprint density at radius 1 is 1.40 bits per heavy atom. The number of nitrogens with one attached hydrogen (secondary N) is 1. The summed E-state index contributed by atoms with van der Waals surface area (Å²) in [6.07, 6.45) is -4.47. The van der Waals surface area contributed by atoms with Gasteiger partial charge < -0.3 is 10.1 Å². The summed E-state index contributed by atoms with van der Waals surface area (Å²) in [6.45, 7) is 3.34. The molecule has 0 fully saturated rings. The topological polar surface area (TPSA) is 45.0 Å². The van der Waals surface area contributed by atoms with Crippen LogP contribution in [0.1, 0.15) is 13.8 Å². The average Bonchev–Trinajstić information content (AvgIpc) is 2.10. The number of nitriles is 1. The molecule has 0 amide bonds. The molecule has 1 N–H and O–H groups in total. The lowest BCUT2D eigenvalue weighted by atomic mass is 10.1. The third kappa shape index (κ3) is 5.60. The fourth-order valence-corrected chi connectivity index (χ4v) is 0.824. The number of alkyl halides is 3. The molecule has 0 aromatic heterocycles. The molecule has 0 aliphatic rings. The van der Waals surface area contributed by atoms with Gasteiger partial charge in [0.1, 0.15) is 0 Å². The summed E-state index contributed by atoms with van der Waals surface area (Å²) in [6, 6.07) is 1.22. The van der Waals surface area contributed by atoms with E-state index in [4.69, 9.17) is 10.00 Å². The maximum Gasteiger partial charge on any atom is 0.405 e. The summed E-state index contributed by atoms with van der Waals surface area (Å²) in [5, 5.41) is 10.9. The zero-order valence-electron chi connectivity index (χ0n) is 8.98. The smallest absolute Gasteiger partial charge is 0.377 e. The summed E-state index contributed by atoms with van der Waals surface area (Å²) in [5.74, 6) is -1.97. The zero-order valence-corrected chi connectivity index (χ0v) is 8.98. The monoisotopic (exact) mass is 224 g/mol. The molecule has 0 bridgehead atoms. The molecule has 0 aromatic carbocycles. The highest BCUT2D eigenvalue weighted by Crippen LogP contribution is 2.24. The second kappa shape index (κ2) is 5.33. The van der Waals surface area contributed by atoms with Crippen molar-refractivity contribution in [2.45, 2.75) is 25.6 Å². The van der Waals surface area contributed by atoms with Crippen molar-refractivity contribution >= 4 is 0 Å². The van der Waals surface area contributed by atoms with Gasteiger partial charge in [0, 0.05) is 20.2 Å². The summed E-state index contributed by atoms with van der Waals surface area (Å²) in [5.41, 5.74) is -0.536. The van der Waals surface area contributed by atoms with Crippen molar-refractivity contribution in [3.8, 4) is 6.07 Å². The van der Waals surface area contributed by atoms with E-state index in [0.717, 1.165) is 0 Å². The maximum atomic E-state index is 12.1. The normalized spacial score (nSPS) is 14.7. The maximum absolute atomic E-state index is 12.1. The van der Waals surface area contributed by atoms with E-state index in [-0.39, 0.29) is 6.54 Å². The zero-order chi connectivity index (χ0) is 12.1. The van der Waals surface area contributed by atoms with E-state index in [1.165, 1.54) is 13.2 Å². The highest BCUT2D eigenvalue weighted by molar-refractivity contribution is 4.90. The van der Waals surface area contributed by atoms with Gasteiger partial charge in [0.25, 0.3) is 0 Å². The van der Waals surface area contributed by atoms with Crippen molar-refractivity contribution in [1.29, 1.82) is 5.26 Å². The Kier molecular flexibility index (Phi) is 5.05. The Hall–Kier alpha value is -0.800. The van der Waals surface area contributed by atoms with Gasteiger partial charge in [-0.1, -0.05) is 0 Å². The lowest BCUT2D eigenvalue weighted by Crippen LogP contribution is -2.41. The Bertz CT molecular complexity index is 232. The summed E-state index contributed by atoms with van der Waals surface area (Å²) < 4.78 is 41.4. The molecule has 0 aromatic rings. The Morgan fingerprint density at radius 3 is 2.27 bits per heavy atom. The van der Waals surface area contributed by atoms with Gasteiger partial charge in [0.15, 0.2) is 5.92 Å². The molecule has 88 valence electrons.